The summed E-state index contributed by atoms with van der Waals surface area (Å²) in [5, 5.41) is 0. The summed E-state index contributed by atoms with van der Waals surface area (Å²) in [7, 11) is 0. The molecule has 0 nitrogen and oxygen atoms in total. The monoisotopic (exact) mass is 284 g/mol. The van der Waals surface area contributed by atoms with Gasteiger partial charge < -0.3 is 0 Å². The van der Waals surface area contributed by atoms with Gasteiger partial charge in [0, 0.05) is 0 Å². The Bertz CT molecular complexity index is 153. The van der Waals surface area contributed by atoms with Crippen LogP contribution in [0.15, 0.2) is 0 Å². The van der Waals surface area contributed by atoms with Crippen molar-refractivity contribution in [1.82, 2.24) is 0 Å². The second kappa shape index (κ2) is 7.00. The molecule has 0 rings (SSSR count). The van der Waals surface area contributed by atoms with E-state index in [0.29, 0.717) is 6.42 Å². The molecule has 0 aliphatic heterocycles. The molecule has 3 atom stereocenters. The minimum atomic E-state index is -1.33. The van der Waals surface area contributed by atoms with Gasteiger partial charge in [-0.1, -0.05) is 0 Å². The van der Waals surface area contributed by atoms with E-state index in [-0.39, 0.29) is 0 Å². The minimum absolute atomic E-state index is 0.426. The van der Waals surface area contributed by atoms with Gasteiger partial charge in [-0.05, 0) is 0 Å². The van der Waals surface area contributed by atoms with Crippen molar-refractivity contribution in [3.63, 3.8) is 0 Å². The van der Waals surface area contributed by atoms with Gasteiger partial charge in [0.2, 0.25) is 0 Å². The van der Waals surface area contributed by atoms with E-state index >= 15 is 0 Å². The van der Waals surface area contributed by atoms with Crippen LogP contribution in [0.25, 0.3) is 0 Å². The molecule has 0 aromatic heterocycles. The number of halogens is 2. The zero-order chi connectivity index (χ0) is 11.2. The van der Waals surface area contributed by atoms with Crippen LogP contribution >= 0.6 is 0 Å². The second-order valence-electron chi connectivity index (χ2n) is 4.44. The van der Waals surface area contributed by atoms with E-state index in [2.05, 4.69) is 20.0 Å². The van der Waals surface area contributed by atoms with E-state index in [0.717, 1.165) is 18.9 Å². The Balaban J connectivity index is 3.87. The van der Waals surface area contributed by atoms with E-state index in [4.69, 9.17) is 0 Å². The molecule has 86 valence electrons. The van der Waals surface area contributed by atoms with Crippen molar-refractivity contribution < 1.29 is 8.78 Å². The van der Waals surface area contributed by atoms with Crippen molar-refractivity contribution in [3.8, 4) is 0 Å². The van der Waals surface area contributed by atoms with Crippen LogP contribution in [0.3, 0.4) is 0 Å². The molecule has 0 spiro atoms. The number of rotatable bonds is 7. The van der Waals surface area contributed by atoms with E-state index < -0.39 is 32.8 Å². The standard InChI is InChI=1S/C10H23AsF2Si/c1-5-7-8-9(12)10(13)11-14(3,4)6-2/h9-11H,5-8H2,1-4H3. The van der Waals surface area contributed by atoms with Gasteiger partial charge in [-0.25, -0.2) is 0 Å². The first-order valence-electron chi connectivity index (χ1n) is 5.48. The Morgan fingerprint density at radius 3 is 2.21 bits per heavy atom. The van der Waals surface area contributed by atoms with Crippen molar-refractivity contribution >= 4 is 21.6 Å². The summed E-state index contributed by atoms with van der Waals surface area (Å²) < 4.78 is 26.8. The topological polar surface area (TPSA) is 0 Å². The second-order valence-corrected chi connectivity index (χ2v) is 20.7. The molecule has 0 aromatic rings. The first-order valence-corrected chi connectivity index (χ1v) is 13.1. The fourth-order valence-electron chi connectivity index (χ4n) is 1.11. The Morgan fingerprint density at radius 2 is 1.79 bits per heavy atom. The van der Waals surface area contributed by atoms with Crippen LogP contribution in [0.4, 0.5) is 8.78 Å². The van der Waals surface area contributed by atoms with Crippen LogP contribution in [0.1, 0.15) is 33.1 Å². The van der Waals surface area contributed by atoms with Gasteiger partial charge in [-0.3, -0.25) is 0 Å². The van der Waals surface area contributed by atoms with Gasteiger partial charge in [-0.2, -0.15) is 0 Å². The van der Waals surface area contributed by atoms with Crippen molar-refractivity contribution in [2.24, 2.45) is 0 Å². The molecule has 0 fully saturated rings. The molecule has 0 bridgehead atoms. The van der Waals surface area contributed by atoms with Crippen LogP contribution in [-0.4, -0.2) is 32.8 Å². The van der Waals surface area contributed by atoms with Crippen molar-refractivity contribution in [1.29, 1.82) is 0 Å². The molecule has 0 aromatic carbocycles. The molecule has 0 aliphatic carbocycles. The van der Waals surface area contributed by atoms with Gasteiger partial charge in [0.05, 0.1) is 0 Å². The van der Waals surface area contributed by atoms with Crippen molar-refractivity contribution in [2.45, 2.75) is 63.4 Å². The molecule has 0 aliphatic rings. The van der Waals surface area contributed by atoms with Crippen LogP contribution in [0.2, 0.25) is 19.1 Å². The summed E-state index contributed by atoms with van der Waals surface area (Å²) >= 11 is -0.685. The predicted molar refractivity (Wildman–Crippen MR) is 64.4 cm³/mol. The number of unbranched alkanes of at least 4 members (excludes halogenated alkanes) is 1. The summed E-state index contributed by atoms with van der Waals surface area (Å²) in [5.74, 6) is 0. The zero-order valence-corrected chi connectivity index (χ0v) is 12.8. The first-order chi connectivity index (χ1) is 6.43. The fourth-order valence-corrected chi connectivity index (χ4v) is 9.71. The molecule has 0 saturated carbocycles. The Kier molecular flexibility index (Phi) is 7.32. The number of hydrogen-bond donors (Lipinski definition) is 0. The van der Waals surface area contributed by atoms with Gasteiger partial charge in [0.15, 0.2) is 0 Å². The predicted octanol–water partition coefficient (Wildman–Crippen LogP) is 3.47. The molecule has 4 heteroatoms. The molecule has 0 amide bonds. The first kappa shape index (κ1) is 14.6. The molecule has 3 unspecified atom stereocenters. The van der Waals surface area contributed by atoms with Crippen LogP contribution in [0.5, 0.6) is 0 Å². The van der Waals surface area contributed by atoms with Gasteiger partial charge >= 0.3 is 93.8 Å². The molecular weight excluding hydrogens is 261 g/mol. The zero-order valence-electron chi connectivity index (χ0n) is 9.74. The maximum absolute atomic E-state index is 13.5. The van der Waals surface area contributed by atoms with Gasteiger partial charge in [0.1, 0.15) is 0 Å². The fraction of sp³-hybridized carbons (Fsp3) is 1.00. The summed E-state index contributed by atoms with van der Waals surface area (Å²) in [5.41, 5.74) is 0. The Hall–Kier alpha value is 0.635. The number of alkyl halides is 2. The summed E-state index contributed by atoms with van der Waals surface area (Å²) in [4.78, 5) is -1.09. The molecule has 0 radical (unpaired) electrons. The third-order valence-electron chi connectivity index (χ3n) is 2.56. The molecular formula is C10H23AsF2Si. The quantitative estimate of drug-likeness (QED) is 0.628. The van der Waals surface area contributed by atoms with Gasteiger partial charge in [0.25, 0.3) is 0 Å². The van der Waals surface area contributed by atoms with Crippen LogP contribution < -0.4 is 0 Å². The Morgan fingerprint density at radius 1 is 1.21 bits per heavy atom. The average molecular weight is 284 g/mol. The third-order valence-corrected chi connectivity index (χ3v) is 15.0. The number of hydrogen-bond acceptors (Lipinski definition) is 0. The van der Waals surface area contributed by atoms with E-state index in [1.807, 2.05) is 6.92 Å². The Labute approximate surface area is 93.9 Å². The summed E-state index contributed by atoms with van der Waals surface area (Å²) in [6, 6.07) is 1.09. The summed E-state index contributed by atoms with van der Waals surface area (Å²) in [6.07, 6.45) is 1.03. The normalized spacial score (nSPS) is 17.6. The maximum atomic E-state index is 13.5. The van der Waals surface area contributed by atoms with E-state index in [1.54, 1.807) is 0 Å². The van der Waals surface area contributed by atoms with E-state index in [1.165, 1.54) is 0 Å². The molecule has 0 saturated heterocycles. The van der Waals surface area contributed by atoms with E-state index in [9.17, 15) is 8.78 Å². The SMILES string of the molecule is CCCCC(F)C(F)[AsH][Si](C)(C)CC. The molecule has 0 N–H and O–H groups in total. The van der Waals surface area contributed by atoms with Gasteiger partial charge in [-0.15, -0.1) is 0 Å². The summed E-state index contributed by atoms with van der Waals surface area (Å²) in [6.45, 7) is 7.17. The average Bonchev–Trinajstić information content (AvgIpc) is 2.13. The van der Waals surface area contributed by atoms with Crippen LogP contribution in [-0.2, 0) is 0 Å². The van der Waals surface area contributed by atoms with Crippen molar-refractivity contribution in [3.05, 3.63) is 0 Å². The molecule has 14 heavy (non-hydrogen) atoms. The van der Waals surface area contributed by atoms with Crippen molar-refractivity contribution in [2.75, 3.05) is 0 Å². The third kappa shape index (κ3) is 6.18. The molecule has 0 heterocycles. The van der Waals surface area contributed by atoms with Crippen LogP contribution in [0, 0.1) is 0 Å².